The Labute approximate surface area is 290 Å². The summed E-state index contributed by atoms with van der Waals surface area (Å²) in [5.74, 6) is 1.70. The van der Waals surface area contributed by atoms with Gasteiger partial charge in [0.05, 0.1) is 27.7 Å². The predicted octanol–water partition coefficient (Wildman–Crippen LogP) is 11.8. The molecule has 0 unspecified atom stereocenters. The van der Waals surface area contributed by atoms with Crippen LogP contribution in [0.4, 0.5) is 0 Å². The molecule has 0 aliphatic rings. The fourth-order valence-corrected chi connectivity index (χ4v) is 7.58. The highest BCUT2D eigenvalue weighted by Gasteiger charge is 2.20. The van der Waals surface area contributed by atoms with Crippen molar-refractivity contribution in [2.24, 2.45) is 0 Å². The van der Waals surface area contributed by atoms with Crippen LogP contribution in [0, 0.1) is 0 Å². The number of nitrogens with zero attached hydrogens (tertiary/aromatic N) is 4. The molecule has 4 aromatic heterocycles. The van der Waals surface area contributed by atoms with Gasteiger partial charge in [0.25, 0.3) is 0 Å². The van der Waals surface area contributed by atoms with E-state index in [4.69, 9.17) is 23.8 Å². The molecule has 6 heteroatoms. The lowest BCUT2D eigenvalue weighted by atomic mass is 10.1. The van der Waals surface area contributed by atoms with Crippen molar-refractivity contribution >= 4 is 65.7 Å². The van der Waals surface area contributed by atoms with Gasteiger partial charge in [0.15, 0.2) is 17.5 Å². The molecule has 0 amide bonds. The van der Waals surface area contributed by atoms with Gasteiger partial charge in [0, 0.05) is 38.1 Å². The molecule has 0 saturated carbocycles. The number of benzene rings is 7. The van der Waals surface area contributed by atoms with Gasteiger partial charge in [-0.1, -0.05) is 103 Å². The topological polar surface area (TPSA) is 69.9 Å². The normalized spacial score (nSPS) is 11.9. The summed E-state index contributed by atoms with van der Waals surface area (Å²) < 4.78 is 15.3. The zero-order valence-electron chi connectivity index (χ0n) is 27.1. The molecule has 11 aromatic rings. The molecule has 0 aliphatic carbocycles. The van der Waals surface area contributed by atoms with Gasteiger partial charge in [0.2, 0.25) is 0 Å². The van der Waals surface area contributed by atoms with Crippen molar-refractivity contribution in [3.8, 4) is 39.9 Å². The molecule has 4 heterocycles. The number of furan rings is 2. The Morgan fingerprint density at radius 1 is 0.392 bits per heavy atom. The Balaban J connectivity index is 1.16. The number of rotatable bonds is 4. The van der Waals surface area contributed by atoms with E-state index in [1.807, 2.05) is 78.9 Å². The lowest BCUT2D eigenvalue weighted by Crippen LogP contribution is -2.00. The molecule has 51 heavy (non-hydrogen) atoms. The van der Waals surface area contributed by atoms with Gasteiger partial charge < -0.3 is 13.4 Å². The van der Waals surface area contributed by atoms with Crippen molar-refractivity contribution in [3.05, 3.63) is 158 Å². The van der Waals surface area contributed by atoms with Gasteiger partial charge in [-0.3, -0.25) is 0 Å². The zero-order valence-corrected chi connectivity index (χ0v) is 27.1. The number of aromatic nitrogens is 4. The Morgan fingerprint density at radius 2 is 1.00 bits per heavy atom. The van der Waals surface area contributed by atoms with E-state index >= 15 is 0 Å². The molecule has 6 nitrogen and oxygen atoms in total. The number of fused-ring (bicyclic) bond motifs is 9. The highest BCUT2D eigenvalue weighted by atomic mass is 16.3. The molecule has 0 N–H and O–H groups in total. The van der Waals surface area contributed by atoms with Crippen LogP contribution in [0.3, 0.4) is 0 Å². The third-order valence-corrected chi connectivity index (χ3v) is 9.86. The largest absolute Gasteiger partial charge is 0.456 e. The number of para-hydroxylation sites is 4. The minimum Gasteiger partial charge on any atom is -0.456 e. The first-order chi connectivity index (χ1) is 25.3. The van der Waals surface area contributed by atoms with E-state index in [0.29, 0.717) is 17.5 Å². The standard InChI is InChI=1S/C45H26N4O2/c1-2-12-27(13-3-1)43-46-44(48-45(47-43)33-18-10-17-32-31-16-6-9-22-38(31)51-42(32)33)28-24-25-39-34(26-28)41-37(21-11-23-40(41)50-39)49-35-19-7-4-14-29(35)30-15-5-8-20-36(30)49/h1-26H. The van der Waals surface area contributed by atoms with Gasteiger partial charge in [-0.15, -0.1) is 0 Å². The fourth-order valence-electron chi connectivity index (χ4n) is 7.58. The van der Waals surface area contributed by atoms with Crippen LogP contribution in [0.5, 0.6) is 0 Å². The summed E-state index contributed by atoms with van der Waals surface area (Å²) in [4.78, 5) is 15.2. The summed E-state index contributed by atoms with van der Waals surface area (Å²) in [5, 5.41) is 6.53. The average Bonchev–Trinajstić information content (AvgIpc) is 3.87. The van der Waals surface area contributed by atoms with Crippen LogP contribution in [-0.2, 0) is 0 Å². The monoisotopic (exact) mass is 654 g/mol. The Bertz CT molecular complexity index is 3100. The van der Waals surface area contributed by atoms with E-state index in [9.17, 15) is 0 Å². The molecule has 7 aromatic carbocycles. The molecule has 0 aliphatic heterocycles. The molecule has 0 fully saturated rings. The second-order valence-electron chi connectivity index (χ2n) is 12.8. The van der Waals surface area contributed by atoms with Gasteiger partial charge >= 0.3 is 0 Å². The van der Waals surface area contributed by atoms with Crippen molar-refractivity contribution in [2.45, 2.75) is 0 Å². The molecular formula is C45H26N4O2. The summed E-state index contributed by atoms with van der Waals surface area (Å²) >= 11 is 0. The molecule has 0 radical (unpaired) electrons. The van der Waals surface area contributed by atoms with Gasteiger partial charge in [-0.2, -0.15) is 0 Å². The van der Waals surface area contributed by atoms with E-state index < -0.39 is 0 Å². The van der Waals surface area contributed by atoms with Crippen molar-refractivity contribution in [1.29, 1.82) is 0 Å². The molecule has 11 rings (SSSR count). The van der Waals surface area contributed by atoms with Crippen LogP contribution in [0.1, 0.15) is 0 Å². The maximum absolute atomic E-state index is 6.49. The number of hydrogen-bond acceptors (Lipinski definition) is 5. The van der Waals surface area contributed by atoms with Gasteiger partial charge in [-0.05, 0) is 54.6 Å². The first-order valence-corrected chi connectivity index (χ1v) is 16.9. The molecule has 238 valence electrons. The van der Waals surface area contributed by atoms with Crippen LogP contribution in [-0.4, -0.2) is 19.5 Å². The highest BCUT2D eigenvalue weighted by Crippen LogP contribution is 2.40. The maximum Gasteiger partial charge on any atom is 0.167 e. The fraction of sp³-hybridized carbons (Fsp3) is 0. The van der Waals surface area contributed by atoms with Crippen LogP contribution in [0.25, 0.3) is 106 Å². The zero-order chi connectivity index (χ0) is 33.5. The van der Waals surface area contributed by atoms with Crippen molar-refractivity contribution in [1.82, 2.24) is 19.5 Å². The second-order valence-corrected chi connectivity index (χ2v) is 12.8. The minimum atomic E-state index is 0.548. The summed E-state index contributed by atoms with van der Waals surface area (Å²) in [6.45, 7) is 0. The first kappa shape index (κ1) is 27.9. The third kappa shape index (κ3) is 4.20. The second kappa shape index (κ2) is 10.7. The van der Waals surface area contributed by atoms with Crippen LogP contribution < -0.4 is 0 Å². The van der Waals surface area contributed by atoms with Gasteiger partial charge in [0.1, 0.15) is 22.3 Å². The van der Waals surface area contributed by atoms with E-state index in [1.165, 1.54) is 10.8 Å². The Morgan fingerprint density at radius 3 is 1.80 bits per heavy atom. The van der Waals surface area contributed by atoms with E-state index in [0.717, 1.165) is 77.3 Å². The number of hydrogen-bond donors (Lipinski definition) is 0. The van der Waals surface area contributed by atoms with Crippen molar-refractivity contribution in [3.63, 3.8) is 0 Å². The SMILES string of the molecule is c1ccc(-c2nc(-c3ccc4oc5cccc(-n6c7ccccc7c7ccccc76)c5c4c3)nc(-c3cccc4c3oc3ccccc34)n2)cc1. The molecule has 0 saturated heterocycles. The predicted molar refractivity (Wildman–Crippen MR) is 205 cm³/mol. The molecule has 0 spiro atoms. The maximum atomic E-state index is 6.49. The van der Waals surface area contributed by atoms with Crippen molar-refractivity contribution in [2.75, 3.05) is 0 Å². The van der Waals surface area contributed by atoms with E-state index in [2.05, 4.69) is 83.4 Å². The average molecular weight is 655 g/mol. The summed E-state index contributed by atoms with van der Waals surface area (Å²) in [5.41, 5.74) is 9.12. The summed E-state index contributed by atoms with van der Waals surface area (Å²) in [7, 11) is 0. The Kier molecular flexibility index (Phi) is 5.86. The minimum absolute atomic E-state index is 0.548. The third-order valence-electron chi connectivity index (χ3n) is 9.86. The lowest BCUT2D eigenvalue weighted by molar-refractivity contribution is 0.668. The van der Waals surface area contributed by atoms with E-state index in [-0.39, 0.29) is 0 Å². The van der Waals surface area contributed by atoms with Crippen LogP contribution in [0.15, 0.2) is 167 Å². The van der Waals surface area contributed by atoms with Crippen LogP contribution >= 0.6 is 0 Å². The van der Waals surface area contributed by atoms with Crippen LogP contribution in [0.2, 0.25) is 0 Å². The summed E-state index contributed by atoms with van der Waals surface area (Å²) in [6.07, 6.45) is 0. The Hall–Kier alpha value is -7.05. The van der Waals surface area contributed by atoms with E-state index in [1.54, 1.807) is 0 Å². The molecule has 0 atom stereocenters. The van der Waals surface area contributed by atoms with Crippen molar-refractivity contribution < 1.29 is 8.83 Å². The lowest BCUT2D eigenvalue weighted by Gasteiger charge is -2.10. The quantitative estimate of drug-likeness (QED) is 0.189. The van der Waals surface area contributed by atoms with Gasteiger partial charge in [-0.25, -0.2) is 15.0 Å². The summed E-state index contributed by atoms with van der Waals surface area (Å²) in [6, 6.07) is 53.9. The molecule has 0 bridgehead atoms. The highest BCUT2D eigenvalue weighted by molar-refractivity contribution is 6.15. The molecular weight excluding hydrogens is 629 g/mol. The first-order valence-electron chi connectivity index (χ1n) is 16.9. The smallest absolute Gasteiger partial charge is 0.167 e.